The summed E-state index contributed by atoms with van der Waals surface area (Å²) in [7, 11) is -3.62. The Morgan fingerprint density at radius 2 is 2.28 bits per heavy atom. The van der Waals surface area contributed by atoms with Crippen molar-refractivity contribution in [2.45, 2.75) is 23.8 Å². The SMILES string of the molecule is Nc1cc(S(=O)(=O)NC2CCC(=O)NC2)ccn1. The number of nitrogens with one attached hydrogen (secondary N) is 2. The number of nitrogen functional groups attached to an aromatic ring is 1. The summed E-state index contributed by atoms with van der Waals surface area (Å²) < 4.78 is 26.6. The van der Waals surface area contributed by atoms with E-state index in [9.17, 15) is 13.2 Å². The van der Waals surface area contributed by atoms with Crippen LogP contribution in [0, 0.1) is 0 Å². The summed E-state index contributed by atoms with van der Waals surface area (Å²) in [6.45, 7) is 0.304. The molecule has 1 amide bonds. The number of carbonyl (C=O) groups excluding carboxylic acids is 1. The van der Waals surface area contributed by atoms with E-state index < -0.39 is 10.0 Å². The summed E-state index contributed by atoms with van der Waals surface area (Å²) in [4.78, 5) is 14.8. The highest BCUT2D eigenvalue weighted by molar-refractivity contribution is 7.89. The number of rotatable bonds is 3. The van der Waals surface area contributed by atoms with Crippen LogP contribution in [0.2, 0.25) is 0 Å². The molecule has 1 fully saturated rings. The molecule has 98 valence electrons. The fraction of sp³-hybridized carbons (Fsp3) is 0.400. The van der Waals surface area contributed by atoms with Gasteiger partial charge in [-0.3, -0.25) is 4.79 Å². The highest BCUT2D eigenvalue weighted by Gasteiger charge is 2.24. The van der Waals surface area contributed by atoms with Gasteiger partial charge in [0.25, 0.3) is 0 Å². The summed E-state index contributed by atoms with van der Waals surface area (Å²) in [5.41, 5.74) is 5.45. The Hall–Kier alpha value is -1.67. The number of pyridine rings is 1. The van der Waals surface area contributed by atoms with Crippen LogP contribution in [0.15, 0.2) is 23.2 Å². The number of amides is 1. The van der Waals surface area contributed by atoms with Crippen molar-refractivity contribution in [1.82, 2.24) is 15.0 Å². The van der Waals surface area contributed by atoms with Crippen LogP contribution in [0.1, 0.15) is 12.8 Å². The van der Waals surface area contributed by atoms with Crippen molar-refractivity contribution in [3.63, 3.8) is 0 Å². The van der Waals surface area contributed by atoms with Crippen molar-refractivity contribution in [1.29, 1.82) is 0 Å². The molecule has 2 heterocycles. The molecule has 4 N–H and O–H groups in total. The summed E-state index contributed by atoms with van der Waals surface area (Å²) in [6.07, 6.45) is 2.16. The van der Waals surface area contributed by atoms with E-state index >= 15 is 0 Å². The van der Waals surface area contributed by atoms with Gasteiger partial charge in [-0.15, -0.1) is 0 Å². The number of nitrogens with two attached hydrogens (primary N) is 1. The van der Waals surface area contributed by atoms with Gasteiger partial charge in [0.1, 0.15) is 5.82 Å². The second-order valence-electron chi connectivity index (χ2n) is 4.08. The van der Waals surface area contributed by atoms with Crippen LogP contribution in [-0.2, 0) is 14.8 Å². The molecule has 0 aromatic carbocycles. The van der Waals surface area contributed by atoms with Crippen molar-refractivity contribution in [2.24, 2.45) is 0 Å². The number of hydrogen-bond donors (Lipinski definition) is 3. The number of nitrogens with zero attached hydrogens (tertiary/aromatic N) is 1. The lowest BCUT2D eigenvalue weighted by atomic mass is 10.1. The molecule has 1 aliphatic rings. The molecule has 0 aliphatic carbocycles. The number of carbonyl (C=O) groups is 1. The number of aromatic nitrogens is 1. The molecule has 1 aromatic rings. The molecule has 2 rings (SSSR count). The molecular weight excluding hydrogens is 256 g/mol. The molecule has 0 bridgehead atoms. The van der Waals surface area contributed by atoms with E-state index in [-0.39, 0.29) is 22.7 Å². The van der Waals surface area contributed by atoms with Crippen molar-refractivity contribution >= 4 is 21.7 Å². The van der Waals surface area contributed by atoms with Crippen LogP contribution in [0.3, 0.4) is 0 Å². The molecule has 18 heavy (non-hydrogen) atoms. The predicted molar refractivity (Wildman–Crippen MR) is 65.0 cm³/mol. The standard InChI is InChI=1S/C10H14N4O3S/c11-9-5-8(3-4-12-9)18(16,17)14-7-1-2-10(15)13-6-7/h3-5,7,14H,1-2,6H2,(H2,11,12)(H,13,15). The van der Waals surface area contributed by atoms with Crippen LogP contribution in [0.4, 0.5) is 5.82 Å². The average molecular weight is 270 g/mol. The van der Waals surface area contributed by atoms with Gasteiger partial charge in [0.05, 0.1) is 4.90 Å². The van der Waals surface area contributed by atoms with E-state index in [2.05, 4.69) is 15.0 Å². The fourth-order valence-electron chi connectivity index (χ4n) is 1.72. The topological polar surface area (TPSA) is 114 Å². The normalized spacial score (nSPS) is 20.4. The Morgan fingerprint density at radius 1 is 1.50 bits per heavy atom. The van der Waals surface area contributed by atoms with Crippen LogP contribution in [-0.4, -0.2) is 31.9 Å². The minimum Gasteiger partial charge on any atom is -0.384 e. The molecule has 1 saturated heterocycles. The third-order valence-electron chi connectivity index (χ3n) is 2.65. The molecule has 7 nitrogen and oxygen atoms in total. The van der Waals surface area contributed by atoms with Crippen LogP contribution >= 0.6 is 0 Å². The third kappa shape index (κ3) is 2.96. The summed E-state index contributed by atoms with van der Waals surface area (Å²) >= 11 is 0. The highest BCUT2D eigenvalue weighted by atomic mass is 32.2. The Morgan fingerprint density at radius 3 is 2.89 bits per heavy atom. The maximum Gasteiger partial charge on any atom is 0.241 e. The highest BCUT2D eigenvalue weighted by Crippen LogP contribution is 2.12. The smallest absolute Gasteiger partial charge is 0.241 e. The molecular formula is C10H14N4O3S. The van der Waals surface area contributed by atoms with Gasteiger partial charge in [-0.25, -0.2) is 18.1 Å². The van der Waals surface area contributed by atoms with Gasteiger partial charge in [0.2, 0.25) is 15.9 Å². The first-order valence-corrected chi connectivity index (χ1v) is 6.96. The number of piperidine rings is 1. The van der Waals surface area contributed by atoms with E-state index in [1.165, 1.54) is 18.3 Å². The molecule has 8 heteroatoms. The average Bonchev–Trinajstić information content (AvgIpc) is 2.32. The third-order valence-corrected chi connectivity index (χ3v) is 4.17. The van der Waals surface area contributed by atoms with Crippen LogP contribution in [0.25, 0.3) is 0 Å². The first-order valence-electron chi connectivity index (χ1n) is 5.48. The molecule has 0 radical (unpaired) electrons. The maximum absolute atomic E-state index is 12.0. The fourth-order valence-corrected chi connectivity index (χ4v) is 3.01. The maximum atomic E-state index is 12.0. The van der Waals surface area contributed by atoms with E-state index in [0.717, 1.165) is 0 Å². The van der Waals surface area contributed by atoms with E-state index in [1.807, 2.05) is 0 Å². The van der Waals surface area contributed by atoms with Crippen molar-refractivity contribution in [3.05, 3.63) is 18.3 Å². The Balaban J connectivity index is 2.10. The summed E-state index contributed by atoms with van der Waals surface area (Å²) in [6, 6.07) is 2.38. The van der Waals surface area contributed by atoms with Gasteiger partial charge < -0.3 is 11.1 Å². The first-order chi connectivity index (χ1) is 8.47. The van der Waals surface area contributed by atoms with Crippen LogP contribution in [0.5, 0.6) is 0 Å². The predicted octanol–water partition coefficient (Wildman–Crippen LogP) is -0.779. The molecule has 1 aliphatic heterocycles. The quantitative estimate of drug-likeness (QED) is 0.666. The van der Waals surface area contributed by atoms with E-state index in [0.29, 0.717) is 19.4 Å². The first kappa shape index (κ1) is 12.8. The number of anilines is 1. The molecule has 0 spiro atoms. The number of hydrogen-bond acceptors (Lipinski definition) is 5. The number of sulfonamides is 1. The summed E-state index contributed by atoms with van der Waals surface area (Å²) in [5, 5.41) is 2.61. The lowest BCUT2D eigenvalue weighted by Gasteiger charge is -2.23. The van der Waals surface area contributed by atoms with E-state index in [4.69, 9.17) is 5.73 Å². The zero-order valence-corrected chi connectivity index (χ0v) is 10.4. The Kier molecular flexibility index (Phi) is 3.48. The second-order valence-corrected chi connectivity index (χ2v) is 5.79. The molecule has 1 unspecified atom stereocenters. The second kappa shape index (κ2) is 4.91. The zero-order valence-electron chi connectivity index (χ0n) is 9.59. The van der Waals surface area contributed by atoms with Crippen molar-refractivity contribution in [3.8, 4) is 0 Å². The van der Waals surface area contributed by atoms with Gasteiger partial charge in [0, 0.05) is 31.3 Å². The van der Waals surface area contributed by atoms with Gasteiger partial charge in [-0.2, -0.15) is 0 Å². The Labute approximate surface area is 105 Å². The van der Waals surface area contributed by atoms with Gasteiger partial charge in [-0.05, 0) is 12.5 Å². The largest absolute Gasteiger partial charge is 0.384 e. The molecule has 1 atom stereocenters. The lowest BCUT2D eigenvalue weighted by molar-refractivity contribution is -0.122. The minimum atomic E-state index is -3.62. The van der Waals surface area contributed by atoms with Gasteiger partial charge >= 0.3 is 0 Å². The monoisotopic (exact) mass is 270 g/mol. The molecule has 0 saturated carbocycles. The van der Waals surface area contributed by atoms with Crippen LogP contribution < -0.4 is 15.8 Å². The lowest BCUT2D eigenvalue weighted by Crippen LogP contribution is -2.47. The Bertz CT molecular complexity index is 548. The van der Waals surface area contributed by atoms with Crippen molar-refractivity contribution < 1.29 is 13.2 Å². The van der Waals surface area contributed by atoms with Gasteiger partial charge in [-0.1, -0.05) is 0 Å². The zero-order chi connectivity index (χ0) is 13.2. The van der Waals surface area contributed by atoms with Gasteiger partial charge in [0.15, 0.2) is 0 Å². The molecule has 1 aromatic heterocycles. The van der Waals surface area contributed by atoms with E-state index in [1.54, 1.807) is 0 Å². The summed E-state index contributed by atoms with van der Waals surface area (Å²) in [5.74, 6) is 0.0911. The van der Waals surface area contributed by atoms with Crippen molar-refractivity contribution in [2.75, 3.05) is 12.3 Å². The minimum absolute atomic E-state index is 0.0568.